The van der Waals surface area contributed by atoms with Gasteiger partial charge in [0.2, 0.25) is 11.5 Å². The third kappa shape index (κ3) is 7.88. The topological polar surface area (TPSA) is 43.6 Å². The molecule has 0 amide bonds. The molecule has 0 saturated heterocycles. The summed E-state index contributed by atoms with van der Waals surface area (Å²) in [6.07, 6.45) is 5.93. The smallest absolute Gasteiger partial charge is 0.416 e. The van der Waals surface area contributed by atoms with Crippen molar-refractivity contribution in [3.8, 4) is 0 Å². The number of benzene rings is 2. The van der Waals surface area contributed by atoms with Crippen molar-refractivity contribution >= 4 is 22.9 Å². The molecule has 0 spiro atoms. The molecule has 0 aromatic heterocycles. The van der Waals surface area contributed by atoms with Gasteiger partial charge in [0.05, 0.1) is 27.7 Å². The van der Waals surface area contributed by atoms with Crippen LogP contribution >= 0.6 is 0 Å². The average molecular weight is 742 g/mol. The van der Waals surface area contributed by atoms with Crippen molar-refractivity contribution in [2.75, 3.05) is 18.0 Å². The molecule has 3 aliphatic carbocycles. The van der Waals surface area contributed by atoms with E-state index in [0.29, 0.717) is 66.0 Å². The number of alkyl halides is 6. The molecule has 2 fully saturated rings. The van der Waals surface area contributed by atoms with E-state index in [2.05, 4.69) is 0 Å². The van der Waals surface area contributed by atoms with E-state index in [4.69, 9.17) is 0 Å². The molecule has 286 valence electrons. The van der Waals surface area contributed by atoms with Gasteiger partial charge in [0, 0.05) is 41.6 Å². The highest BCUT2D eigenvalue weighted by Crippen LogP contribution is 2.45. The highest BCUT2D eigenvalue weighted by molar-refractivity contribution is 6.24. The van der Waals surface area contributed by atoms with Gasteiger partial charge in [0.15, 0.2) is 12.3 Å². The zero-order valence-corrected chi connectivity index (χ0v) is 31.2. The van der Waals surface area contributed by atoms with Gasteiger partial charge < -0.3 is 10.0 Å². The van der Waals surface area contributed by atoms with Crippen molar-refractivity contribution in [1.82, 2.24) is 0 Å². The van der Waals surface area contributed by atoms with Crippen LogP contribution in [0, 0.1) is 11.8 Å². The monoisotopic (exact) mass is 741 g/mol. The van der Waals surface area contributed by atoms with E-state index in [0.717, 1.165) is 82.0 Å². The molecule has 6 rings (SSSR count). The Morgan fingerprint density at radius 1 is 0.868 bits per heavy atom. The van der Waals surface area contributed by atoms with Crippen LogP contribution in [0.2, 0.25) is 0 Å². The van der Waals surface area contributed by atoms with Gasteiger partial charge in [0.1, 0.15) is 5.76 Å². The maximum atomic E-state index is 13.9. The lowest BCUT2D eigenvalue weighted by Gasteiger charge is -2.35. The highest BCUT2D eigenvalue weighted by atomic mass is 19.4. The molecule has 0 atom stereocenters. The minimum absolute atomic E-state index is 0.106. The molecular formula is C43H51F6N2O2+. The molecule has 2 aromatic carbocycles. The summed E-state index contributed by atoms with van der Waals surface area (Å²) in [5.74, 6) is 0.120. The molecule has 0 radical (unpaired) electrons. The van der Waals surface area contributed by atoms with Gasteiger partial charge in [-0.25, -0.2) is 0 Å². The first-order chi connectivity index (χ1) is 25.0. The Morgan fingerprint density at radius 2 is 1.45 bits per heavy atom. The molecule has 53 heavy (non-hydrogen) atoms. The zero-order chi connectivity index (χ0) is 38.3. The third-order valence-corrected chi connectivity index (χ3v) is 11.9. The number of aryl methyl sites for hydroxylation is 1. The Morgan fingerprint density at radius 3 is 2.02 bits per heavy atom. The summed E-state index contributed by atoms with van der Waals surface area (Å²) in [7, 11) is 0. The van der Waals surface area contributed by atoms with Crippen molar-refractivity contribution in [3.05, 3.63) is 93.4 Å². The van der Waals surface area contributed by atoms with E-state index in [9.17, 15) is 36.2 Å². The number of Topliss-reactive ketones (excluding diaryl/α,β-unsaturated/α-hetero) is 1. The largest absolute Gasteiger partial charge is 0.506 e. The molecule has 4 aliphatic rings. The number of carbonyl (C=O) groups is 1. The Labute approximate surface area is 309 Å². The number of nitrogens with zero attached hydrogens (tertiary/aromatic N) is 2. The second kappa shape index (κ2) is 15.1. The SMILES string of the molecule is CC/C(=C/C1=C(O)C(=C/C2=[N+](CC3CCCCC3)c3ccc(C(F)(F)F)cc3C2(C)C)/C1=O)N(CC1CCCCC1)c1ccc(C(F)(F)F)cc1CC. The standard InChI is InChI=1S/C43H50F6N2O2/c1-5-29-21-30(42(44,45)46)17-19-36(29)50(25-27-13-9-7-10-14-27)32(6-2)23-33-39(52)34(40(33)53)24-38-41(3,4)35-22-31(43(47,48)49)18-20-37(35)51(38)26-28-15-11-8-12-16-28/h17-24,27-28H,5-16,25-26H2,1-4H3/p+1. The number of aliphatic hydroxyl groups is 1. The molecule has 2 aromatic rings. The second-order valence-corrected chi connectivity index (χ2v) is 15.8. The van der Waals surface area contributed by atoms with Crippen LogP contribution in [0.15, 0.2) is 71.2 Å². The van der Waals surface area contributed by atoms with Gasteiger partial charge in [0.25, 0.3) is 0 Å². The predicted octanol–water partition coefficient (Wildman–Crippen LogP) is 11.9. The van der Waals surface area contributed by atoms with Gasteiger partial charge in [-0.2, -0.15) is 30.9 Å². The number of halogens is 6. The van der Waals surface area contributed by atoms with Crippen LogP contribution < -0.4 is 4.90 Å². The number of carbonyl (C=O) groups excluding carboxylic acids is 1. The first-order valence-corrected chi connectivity index (χ1v) is 19.3. The van der Waals surface area contributed by atoms with E-state index < -0.39 is 28.9 Å². The molecule has 1 aliphatic heterocycles. The summed E-state index contributed by atoms with van der Waals surface area (Å²) in [6.45, 7) is 8.67. The number of allylic oxidation sites excluding steroid dienone is 5. The van der Waals surface area contributed by atoms with Gasteiger partial charge >= 0.3 is 12.4 Å². The maximum Gasteiger partial charge on any atom is 0.416 e. The number of hydrogen-bond donors (Lipinski definition) is 1. The van der Waals surface area contributed by atoms with E-state index >= 15 is 0 Å². The molecule has 0 bridgehead atoms. The van der Waals surface area contributed by atoms with Crippen LogP contribution in [-0.2, 0) is 29.0 Å². The Balaban J connectivity index is 1.41. The minimum atomic E-state index is -4.51. The fourth-order valence-corrected chi connectivity index (χ4v) is 8.83. The van der Waals surface area contributed by atoms with Crippen LogP contribution in [0.4, 0.5) is 37.7 Å². The molecule has 2 saturated carbocycles. The first-order valence-electron chi connectivity index (χ1n) is 19.3. The predicted molar refractivity (Wildman–Crippen MR) is 197 cm³/mol. The first kappa shape index (κ1) is 38.9. The van der Waals surface area contributed by atoms with Crippen molar-refractivity contribution < 1.29 is 40.8 Å². The van der Waals surface area contributed by atoms with Crippen LogP contribution in [-0.4, -0.2) is 34.3 Å². The van der Waals surface area contributed by atoms with E-state index in [1.54, 1.807) is 12.2 Å². The number of anilines is 1. The van der Waals surface area contributed by atoms with E-state index in [1.807, 2.05) is 37.2 Å². The fraction of sp³-hybridized carbons (Fsp3) is 0.535. The second-order valence-electron chi connectivity index (χ2n) is 15.8. The third-order valence-electron chi connectivity index (χ3n) is 11.9. The van der Waals surface area contributed by atoms with E-state index in [-0.39, 0.29) is 22.7 Å². The molecule has 4 nitrogen and oxygen atoms in total. The average Bonchev–Trinajstić information content (AvgIpc) is 3.34. The lowest BCUT2D eigenvalue weighted by molar-refractivity contribution is -0.447. The summed E-state index contributed by atoms with van der Waals surface area (Å²) in [6, 6.07) is 7.69. The summed E-state index contributed by atoms with van der Waals surface area (Å²) >= 11 is 0. The fourth-order valence-electron chi connectivity index (χ4n) is 8.83. The number of ketones is 1. The van der Waals surface area contributed by atoms with Gasteiger partial charge in [-0.1, -0.05) is 52.4 Å². The van der Waals surface area contributed by atoms with Crippen molar-refractivity contribution in [2.24, 2.45) is 11.8 Å². The van der Waals surface area contributed by atoms with Crippen LogP contribution in [0.25, 0.3) is 0 Å². The molecule has 0 unspecified atom stereocenters. The highest BCUT2D eigenvalue weighted by Gasteiger charge is 2.48. The number of hydrogen-bond acceptors (Lipinski definition) is 3. The van der Waals surface area contributed by atoms with Crippen LogP contribution in [0.5, 0.6) is 0 Å². The van der Waals surface area contributed by atoms with Crippen molar-refractivity contribution in [2.45, 2.75) is 123 Å². The lowest BCUT2D eigenvalue weighted by Crippen LogP contribution is -2.33. The van der Waals surface area contributed by atoms with Crippen molar-refractivity contribution in [1.29, 1.82) is 0 Å². The van der Waals surface area contributed by atoms with Gasteiger partial charge in [-0.05, 0) is 100 Å². The quantitative estimate of drug-likeness (QED) is 0.150. The van der Waals surface area contributed by atoms with Crippen LogP contribution in [0.1, 0.15) is 121 Å². The van der Waals surface area contributed by atoms with Crippen LogP contribution in [0.3, 0.4) is 0 Å². The van der Waals surface area contributed by atoms with E-state index in [1.165, 1.54) is 24.3 Å². The Hall–Kier alpha value is -3.82. The normalized spacial score (nSPS) is 21.1. The zero-order valence-electron chi connectivity index (χ0n) is 31.2. The summed E-state index contributed by atoms with van der Waals surface area (Å²) < 4.78 is 84.8. The van der Waals surface area contributed by atoms with Gasteiger partial charge in [-0.15, -0.1) is 0 Å². The summed E-state index contributed by atoms with van der Waals surface area (Å²) in [5.41, 5.74) is 1.74. The number of fused-ring (bicyclic) bond motifs is 1. The van der Waals surface area contributed by atoms with Gasteiger partial charge in [-0.3, -0.25) is 4.79 Å². The maximum absolute atomic E-state index is 13.9. The Kier molecular flexibility index (Phi) is 11.1. The number of rotatable bonds is 10. The molecular weight excluding hydrogens is 690 g/mol. The molecule has 1 heterocycles. The minimum Gasteiger partial charge on any atom is -0.506 e. The number of aliphatic hydroxyl groups excluding tert-OH is 1. The van der Waals surface area contributed by atoms with Crippen molar-refractivity contribution in [3.63, 3.8) is 0 Å². The summed E-state index contributed by atoms with van der Waals surface area (Å²) in [4.78, 5) is 16.0. The molecule has 1 N–H and O–H groups in total. The lowest BCUT2D eigenvalue weighted by atomic mass is 9.78. The Bertz CT molecular complexity index is 1850. The summed E-state index contributed by atoms with van der Waals surface area (Å²) in [5, 5.41) is 11.5. The molecule has 10 heteroatoms.